The maximum absolute atomic E-state index is 12.0. The van der Waals surface area contributed by atoms with Crippen LogP contribution in [0.5, 0.6) is 0 Å². The van der Waals surface area contributed by atoms with Crippen molar-refractivity contribution in [3.8, 4) is 0 Å². The number of ether oxygens (including phenoxy) is 1. The van der Waals surface area contributed by atoms with Crippen LogP contribution in [-0.4, -0.2) is 46.5 Å². The molecule has 1 atom stereocenters. The Bertz CT molecular complexity index is 568. The van der Waals surface area contributed by atoms with Crippen molar-refractivity contribution < 1.29 is 17.9 Å². The highest BCUT2D eigenvalue weighted by molar-refractivity contribution is 7.90. The third kappa shape index (κ3) is 6.03. The Labute approximate surface area is 131 Å². The molecule has 22 heavy (non-hydrogen) atoms. The van der Waals surface area contributed by atoms with Gasteiger partial charge in [-0.15, -0.1) is 0 Å². The van der Waals surface area contributed by atoms with Gasteiger partial charge in [-0.05, 0) is 12.0 Å². The van der Waals surface area contributed by atoms with Gasteiger partial charge in [0.15, 0.2) is 9.84 Å². The molecule has 0 spiro atoms. The molecule has 0 radical (unpaired) electrons. The Morgan fingerprint density at radius 3 is 2.68 bits per heavy atom. The molecule has 1 unspecified atom stereocenters. The van der Waals surface area contributed by atoms with E-state index in [4.69, 9.17) is 4.74 Å². The second-order valence-corrected chi connectivity index (χ2v) is 7.63. The fraction of sp³-hybridized carbons (Fsp3) is 0.533. The van der Waals surface area contributed by atoms with E-state index >= 15 is 0 Å². The molecule has 1 aliphatic rings. The summed E-state index contributed by atoms with van der Waals surface area (Å²) in [5.74, 6) is 0.283. The summed E-state index contributed by atoms with van der Waals surface area (Å²) in [5, 5.41) is 5.31. The minimum atomic E-state index is -3.22. The van der Waals surface area contributed by atoms with Crippen molar-refractivity contribution in [1.29, 1.82) is 0 Å². The van der Waals surface area contributed by atoms with Gasteiger partial charge < -0.3 is 15.4 Å². The molecule has 0 bridgehead atoms. The molecule has 0 aromatic heterocycles. The minimum absolute atomic E-state index is 0.00342. The summed E-state index contributed by atoms with van der Waals surface area (Å²) in [6, 6.07) is 8.69. The van der Waals surface area contributed by atoms with Crippen molar-refractivity contribution in [2.75, 3.05) is 32.1 Å². The van der Waals surface area contributed by atoms with Crippen LogP contribution in [0.4, 0.5) is 4.79 Å². The molecule has 1 fully saturated rings. The zero-order valence-corrected chi connectivity index (χ0v) is 13.3. The number of nitrogens with one attached hydrogen (secondary N) is 2. The van der Waals surface area contributed by atoms with Crippen molar-refractivity contribution in [3.05, 3.63) is 35.9 Å². The zero-order valence-electron chi connectivity index (χ0n) is 12.5. The lowest BCUT2D eigenvalue weighted by Crippen LogP contribution is -2.40. The van der Waals surface area contributed by atoms with E-state index < -0.39 is 9.84 Å². The third-order valence-electron chi connectivity index (χ3n) is 3.50. The van der Waals surface area contributed by atoms with Gasteiger partial charge in [-0.2, -0.15) is 0 Å². The molecule has 1 heterocycles. The number of benzene rings is 1. The lowest BCUT2D eigenvalue weighted by Gasteiger charge is -2.11. The van der Waals surface area contributed by atoms with Crippen molar-refractivity contribution >= 4 is 15.9 Å². The number of carbonyl (C=O) groups is 1. The van der Waals surface area contributed by atoms with Gasteiger partial charge in [-0.1, -0.05) is 30.3 Å². The van der Waals surface area contributed by atoms with Gasteiger partial charge in [0.05, 0.1) is 18.1 Å². The number of urea groups is 1. The van der Waals surface area contributed by atoms with Gasteiger partial charge in [0.1, 0.15) is 0 Å². The number of amides is 2. The first kappa shape index (κ1) is 16.8. The van der Waals surface area contributed by atoms with Crippen LogP contribution in [0.1, 0.15) is 12.0 Å². The SMILES string of the molecule is O=C(NCCS(=O)(=O)Cc1ccccc1)NCC1CCOC1. The van der Waals surface area contributed by atoms with Crippen LogP contribution < -0.4 is 10.6 Å². The molecule has 1 aromatic carbocycles. The first-order chi connectivity index (χ1) is 10.6. The summed E-state index contributed by atoms with van der Waals surface area (Å²) in [6.07, 6.45) is 0.950. The van der Waals surface area contributed by atoms with Crippen LogP contribution in [0.25, 0.3) is 0 Å². The van der Waals surface area contributed by atoms with E-state index in [1.807, 2.05) is 18.2 Å². The monoisotopic (exact) mass is 326 g/mol. The van der Waals surface area contributed by atoms with Crippen LogP contribution in [0.3, 0.4) is 0 Å². The van der Waals surface area contributed by atoms with E-state index in [0.717, 1.165) is 18.6 Å². The largest absolute Gasteiger partial charge is 0.381 e. The number of hydrogen-bond acceptors (Lipinski definition) is 4. The molecule has 2 amide bonds. The fourth-order valence-electron chi connectivity index (χ4n) is 2.26. The normalized spacial score (nSPS) is 18.1. The highest BCUT2D eigenvalue weighted by atomic mass is 32.2. The highest BCUT2D eigenvalue weighted by Gasteiger charge is 2.16. The summed E-state index contributed by atoms with van der Waals surface area (Å²) in [6.45, 7) is 2.09. The van der Waals surface area contributed by atoms with E-state index in [-0.39, 0.29) is 24.1 Å². The van der Waals surface area contributed by atoms with Crippen LogP contribution in [-0.2, 0) is 20.3 Å². The summed E-state index contributed by atoms with van der Waals surface area (Å²) < 4.78 is 29.1. The fourth-order valence-corrected chi connectivity index (χ4v) is 3.52. The van der Waals surface area contributed by atoms with E-state index in [2.05, 4.69) is 10.6 Å². The van der Waals surface area contributed by atoms with Crippen LogP contribution in [0.2, 0.25) is 0 Å². The zero-order chi connectivity index (χ0) is 15.8. The van der Waals surface area contributed by atoms with Crippen LogP contribution >= 0.6 is 0 Å². The predicted octanol–water partition coefficient (Wildman–Crippen LogP) is 0.937. The maximum atomic E-state index is 12.0. The Morgan fingerprint density at radius 1 is 1.23 bits per heavy atom. The summed E-state index contributed by atoms with van der Waals surface area (Å²) in [4.78, 5) is 11.6. The number of rotatable bonds is 7. The molecule has 6 nitrogen and oxygen atoms in total. The lowest BCUT2D eigenvalue weighted by molar-refractivity contribution is 0.185. The quantitative estimate of drug-likeness (QED) is 0.781. The first-order valence-electron chi connectivity index (χ1n) is 7.39. The molecule has 2 N–H and O–H groups in total. The molecule has 1 aromatic rings. The second kappa shape index (κ2) is 8.14. The van der Waals surface area contributed by atoms with Crippen LogP contribution in [0, 0.1) is 5.92 Å². The molecular weight excluding hydrogens is 304 g/mol. The van der Waals surface area contributed by atoms with Gasteiger partial charge in [0.2, 0.25) is 0 Å². The van der Waals surface area contributed by atoms with E-state index in [1.54, 1.807) is 12.1 Å². The van der Waals surface area contributed by atoms with E-state index in [0.29, 0.717) is 19.1 Å². The predicted molar refractivity (Wildman–Crippen MR) is 84.3 cm³/mol. The first-order valence-corrected chi connectivity index (χ1v) is 9.21. The van der Waals surface area contributed by atoms with Gasteiger partial charge in [0.25, 0.3) is 0 Å². The van der Waals surface area contributed by atoms with Crippen molar-refractivity contribution in [2.24, 2.45) is 5.92 Å². The Balaban J connectivity index is 1.65. The molecule has 7 heteroatoms. The number of sulfone groups is 1. The minimum Gasteiger partial charge on any atom is -0.381 e. The Kier molecular flexibility index (Phi) is 6.21. The lowest BCUT2D eigenvalue weighted by atomic mass is 10.1. The topological polar surface area (TPSA) is 84.5 Å². The van der Waals surface area contributed by atoms with Gasteiger partial charge >= 0.3 is 6.03 Å². The molecule has 122 valence electrons. The Morgan fingerprint density at radius 2 is 2.00 bits per heavy atom. The molecule has 0 saturated carbocycles. The summed E-state index contributed by atoms with van der Waals surface area (Å²) in [7, 11) is -3.22. The molecule has 1 aliphatic heterocycles. The van der Waals surface area contributed by atoms with Gasteiger partial charge in [0, 0.05) is 25.6 Å². The van der Waals surface area contributed by atoms with Crippen molar-refractivity contribution in [3.63, 3.8) is 0 Å². The molecule has 0 aliphatic carbocycles. The number of hydrogen-bond donors (Lipinski definition) is 2. The van der Waals surface area contributed by atoms with E-state index in [1.165, 1.54) is 0 Å². The van der Waals surface area contributed by atoms with Gasteiger partial charge in [-0.25, -0.2) is 13.2 Å². The summed E-state index contributed by atoms with van der Waals surface area (Å²) in [5.41, 5.74) is 0.758. The molecule has 2 rings (SSSR count). The molecule has 1 saturated heterocycles. The second-order valence-electron chi connectivity index (χ2n) is 5.44. The van der Waals surface area contributed by atoms with Crippen molar-refractivity contribution in [2.45, 2.75) is 12.2 Å². The standard InChI is InChI=1S/C15H22N2O4S/c18-15(17-10-14-6-8-21-11-14)16-7-9-22(19,20)12-13-4-2-1-3-5-13/h1-5,14H,6-12H2,(H2,16,17,18). The maximum Gasteiger partial charge on any atom is 0.314 e. The summed E-state index contributed by atoms with van der Waals surface area (Å²) >= 11 is 0. The smallest absolute Gasteiger partial charge is 0.314 e. The third-order valence-corrected chi connectivity index (χ3v) is 5.10. The van der Waals surface area contributed by atoms with Crippen LogP contribution in [0.15, 0.2) is 30.3 Å². The van der Waals surface area contributed by atoms with E-state index in [9.17, 15) is 13.2 Å². The molecular formula is C15H22N2O4S. The average Bonchev–Trinajstić information content (AvgIpc) is 2.99. The number of carbonyl (C=O) groups excluding carboxylic acids is 1. The van der Waals surface area contributed by atoms with Crippen molar-refractivity contribution in [1.82, 2.24) is 10.6 Å². The van der Waals surface area contributed by atoms with Gasteiger partial charge in [-0.3, -0.25) is 0 Å². The Hall–Kier alpha value is -1.60. The average molecular weight is 326 g/mol. The highest BCUT2D eigenvalue weighted by Crippen LogP contribution is 2.10.